The quantitative estimate of drug-likeness (QED) is 0.660. The number of ether oxygens (including phenoxy) is 3. The van der Waals surface area contributed by atoms with Gasteiger partial charge in [-0.3, -0.25) is 0 Å². The third-order valence-electron chi connectivity index (χ3n) is 3.79. The SMILES string of the molecule is CCC(CNc1ccc(OCCOC)cc1)Oc1ccccc1C. The lowest BCUT2D eigenvalue weighted by molar-refractivity contribution is 0.146. The van der Waals surface area contributed by atoms with Crippen molar-refractivity contribution in [3.05, 3.63) is 54.1 Å². The van der Waals surface area contributed by atoms with Crippen LogP contribution in [0, 0.1) is 6.92 Å². The number of nitrogens with one attached hydrogen (secondary N) is 1. The summed E-state index contributed by atoms with van der Waals surface area (Å²) >= 11 is 0. The van der Waals surface area contributed by atoms with E-state index in [0.29, 0.717) is 13.2 Å². The maximum atomic E-state index is 6.10. The fraction of sp³-hybridized carbons (Fsp3) is 0.400. The van der Waals surface area contributed by atoms with Crippen LogP contribution in [-0.2, 0) is 4.74 Å². The number of benzene rings is 2. The second-order valence-electron chi connectivity index (χ2n) is 5.66. The molecule has 1 N–H and O–H groups in total. The molecule has 0 heterocycles. The van der Waals surface area contributed by atoms with Crippen molar-refractivity contribution >= 4 is 5.69 Å². The zero-order valence-electron chi connectivity index (χ0n) is 14.7. The second kappa shape index (κ2) is 9.83. The maximum Gasteiger partial charge on any atom is 0.122 e. The van der Waals surface area contributed by atoms with Gasteiger partial charge in [-0.15, -0.1) is 0 Å². The fourth-order valence-corrected chi connectivity index (χ4v) is 2.28. The first-order chi connectivity index (χ1) is 11.7. The molecule has 0 bridgehead atoms. The van der Waals surface area contributed by atoms with Crippen LogP contribution in [-0.4, -0.2) is 33.0 Å². The van der Waals surface area contributed by atoms with Gasteiger partial charge in [0.25, 0.3) is 0 Å². The van der Waals surface area contributed by atoms with E-state index < -0.39 is 0 Å². The monoisotopic (exact) mass is 329 g/mol. The summed E-state index contributed by atoms with van der Waals surface area (Å²) in [5.41, 5.74) is 2.22. The average Bonchev–Trinajstić information content (AvgIpc) is 2.61. The molecular weight excluding hydrogens is 302 g/mol. The summed E-state index contributed by atoms with van der Waals surface area (Å²) in [5, 5.41) is 3.42. The van der Waals surface area contributed by atoms with Crippen LogP contribution in [0.25, 0.3) is 0 Å². The summed E-state index contributed by atoms with van der Waals surface area (Å²) in [7, 11) is 1.67. The van der Waals surface area contributed by atoms with Crippen LogP contribution in [0.3, 0.4) is 0 Å². The van der Waals surface area contributed by atoms with Gasteiger partial charge in [0, 0.05) is 12.8 Å². The highest BCUT2D eigenvalue weighted by atomic mass is 16.5. The van der Waals surface area contributed by atoms with E-state index in [-0.39, 0.29) is 6.10 Å². The van der Waals surface area contributed by atoms with Gasteiger partial charge < -0.3 is 19.5 Å². The van der Waals surface area contributed by atoms with Crippen LogP contribution in [0.1, 0.15) is 18.9 Å². The molecule has 4 nitrogen and oxygen atoms in total. The lowest BCUT2D eigenvalue weighted by Gasteiger charge is -2.20. The molecule has 0 saturated heterocycles. The van der Waals surface area contributed by atoms with Crippen LogP contribution in [0.2, 0.25) is 0 Å². The summed E-state index contributed by atoms with van der Waals surface area (Å²) in [6, 6.07) is 16.1. The molecule has 0 amide bonds. The summed E-state index contributed by atoms with van der Waals surface area (Å²) in [5.74, 6) is 1.80. The van der Waals surface area contributed by atoms with Crippen LogP contribution in [0.15, 0.2) is 48.5 Å². The highest BCUT2D eigenvalue weighted by molar-refractivity contribution is 5.46. The summed E-state index contributed by atoms with van der Waals surface area (Å²) in [6.45, 7) is 6.11. The van der Waals surface area contributed by atoms with Gasteiger partial charge in [0.1, 0.15) is 24.2 Å². The van der Waals surface area contributed by atoms with E-state index in [0.717, 1.165) is 35.7 Å². The number of rotatable bonds is 10. The standard InChI is InChI=1S/C20H27NO3/c1-4-18(24-20-8-6-5-7-16(20)2)15-21-17-9-11-19(12-10-17)23-14-13-22-3/h5-12,18,21H,4,13-15H2,1-3H3. The van der Waals surface area contributed by atoms with Crippen LogP contribution >= 0.6 is 0 Å². The Bertz CT molecular complexity index is 598. The first kappa shape index (κ1) is 18.1. The Kier molecular flexibility index (Phi) is 7.43. The lowest BCUT2D eigenvalue weighted by atomic mass is 10.2. The van der Waals surface area contributed by atoms with Crippen molar-refractivity contribution in [3.63, 3.8) is 0 Å². The minimum Gasteiger partial charge on any atom is -0.491 e. The second-order valence-corrected chi connectivity index (χ2v) is 5.66. The third-order valence-corrected chi connectivity index (χ3v) is 3.79. The van der Waals surface area contributed by atoms with Gasteiger partial charge in [0.15, 0.2) is 0 Å². The largest absolute Gasteiger partial charge is 0.491 e. The van der Waals surface area contributed by atoms with Gasteiger partial charge in [-0.2, -0.15) is 0 Å². The van der Waals surface area contributed by atoms with E-state index in [1.54, 1.807) is 7.11 Å². The van der Waals surface area contributed by atoms with E-state index in [1.807, 2.05) is 42.5 Å². The molecule has 1 unspecified atom stereocenters. The average molecular weight is 329 g/mol. The number of anilines is 1. The molecule has 1 atom stereocenters. The molecule has 0 aliphatic carbocycles. The number of hydrogen-bond acceptors (Lipinski definition) is 4. The first-order valence-corrected chi connectivity index (χ1v) is 8.41. The predicted molar refractivity (Wildman–Crippen MR) is 98.2 cm³/mol. The number of aryl methyl sites for hydroxylation is 1. The molecule has 24 heavy (non-hydrogen) atoms. The van der Waals surface area contributed by atoms with E-state index in [1.165, 1.54) is 0 Å². The van der Waals surface area contributed by atoms with Gasteiger partial charge in [0.05, 0.1) is 13.2 Å². The zero-order chi connectivity index (χ0) is 17.2. The molecule has 0 aromatic heterocycles. The predicted octanol–water partition coefficient (Wildman–Crippen LogP) is 4.29. The molecule has 130 valence electrons. The summed E-state index contributed by atoms with van der Waals surface area (Å²) < 4.78 is 16.6. The van der Waals surface area contributed by atoms with E-state index in [9.17, 15) is 0 Å². The minimum absolute atomic E-state index is 0.128. The van der Waals surface area contributed by atoms with E-state index in [2.05, 4.69) is 25.2 Å². The number of hydrogen-bond donors (Lipinski definition) is 1. The molecule has 2 aromatic carbocycles. The molecule has 0 fully saturated rings. The molecule has 0 aliphatic rings. The van der Waals surface area contributed by atoms with Crippen molar-refractivity contribution in [1.29, 1.82) is 0 Å². The Morgan fingerprint density at radius 2 is 1.75 bits per heavy atom. The van der Waals surface area contributed by atoms with Crippen LogP contribution in [0.4, 0.5) is 5.69 Å². The van der Waals surface area contributed by atoms with Crippen molar-refractivity contribution < 1.29 is 14.2 Å². The van der Waals surface area contributed by atoms with Crippen molar-refractivity contribution in [2.75, 3.05) is 32.2 Å². The summed E-state index contributed by atoms with van der Waals surface area (Å²) in [6.07, 6.45) is 1.07. The highest BCUT2D eigenvalue weighted by Crippen LogP contribution is 2.20. The van der Waals surface area contributed by atoms with Crippen molar-refractivity contribution in [2.45, 2.75) is 26.4 Å². The highest BCUT2D eigenvalue weighted by Gasteiger charge is 2.09. The summed E-state index contributed by atoms with van der Waals surface area (Å²) in [4.78, 5) is 0. The van der Waals surface area contributed by atoms with E-state index >= 15 is 0 Å². The Labute approximate surface area is 144 Å². The smallest absolute Gasteiger partial charge is 0.122 e. The van der Waals surface area contributed by atoms with Crippen LogP contribution < -0.4 is 14.8 Å². The number of para-hydroxylation sites is 1. The Morgan fingerprint density at radius 1 is 1.00 bits per heavy atom. The molecule has 4 heteroatoms. The molecular formula is C20H27NO3. The van der Waals surface area contributed by atoms with Gasteiger partial charge in [-0.05, 0) is 49.2 Å². The van der Waals surface area contributed by atoms with E-state index in [4.69, 9.17) is 14.2 Å². The normalized spacial score (nSPS) is 11.8. The third kappa shape index (κ3) is 5.78. The number of methoxy groups -OCH3 is 1. The fourth-order valence-electron chi connectivity index (χ4n) is 2.28. The van der Waals surface area contributed by atoms with Crippen molar-refractivity contribution in [1.82, 2.24) is 0 Å². The molecule has 2 rings (SSSR count). The molecule has 0 saturated carbocycles. The Hall–Kier alpha value is -2.20. The van der Waals surface area contributed by atoms with Gasteiger partial charge in [0.2, 0.25) is 0 Å². The molecule has 0 spiro atoms. The first-order valence-electron chi connectivity index (χ1n) is 8.41. The van der Waals surface area contributed by atoms with Gasteiger partial charge >= 0.3 is 0 Å². The van der Waals surface area contributed by atoms with Gasteiger partial charge in [-0.1, -0.05) is 25.1 Å². The van der Waals surface area contributed by atoms with Crippen LogP contribution in [0.5, 0.6) is 11.5 Å². The van der Waals surface area contributed by atoms with Crippen molar-refractivity contribution in [3.8, 4) is 11.5 Å². The van der Waals surface area contributed by atoms with Gasteiger partial charge in [-0.25, -0.2) is 0 Å². The lowest BCUT2D eigenvalue weighted by Crippen LogP contribution is -2.25. The Balaban J connectivity index is 1.83. The zero-order valence-corrected chi connectivity index (χ0v) is 14.7. The maximum absolute atomic E-state index is 6.10. The topological polar surface area (TPSA) is 39.7 Å². The minimum atomic E-state index is 0.128. The molecule has 0 radical (unpaired) electrons. The molecule has 2 aromatic rings. The molecule has 0 aliphatic heterocycles. The van der Waals surface area contributed by atoms with Crippen molar-refractivity contribution in [2.24, 2.45) is 0 Å². The Morgan fingerprint density at radius 3 is 2.42 bits per heavy atom.